The van der Waals surface area contributed by atoms with E-state index in [0.717, 1.165) is 6.07 Å². The highest BCUT2D eigenvalue weighted by atomic mass is 35.5. The molecule has 1 aromatic heterocycles. The summed E-state index contributed by atoms with van der Waals surface area (Å²) >= 11 is 36.7. The molecule has 0 radical (unpaired) electrons. The van der Waals surface area contributed by atoms with Crippen molar-refractivity contribution in [1.82, 2.24) is 4.98 Å². The van der Waals surface area contributed by atoms with Crippen LogP contribution in [-0.4, -0.2) is 4.98 Å². The summed E-state index contributed by atoms with van der Waals surface area (Å²) in [6.07, 6.45) is -3.95. The highest BCUT2D eigenvalue weighted by Gasteiger charge is 2.32. The van der Waals surface area contributed by atoms with Crippen LogP contribution in [0.2, 0.25) is 30.1 Å². The molecular formula is C18H6Cl6F3N. The fourth-order valence-electron chi connectivity index (χ4n) is 2.52. The van der Waals surface area contributed by atoms with Gasteiger partial charge in [-0.3, -0.25) is 4.98 Å². The van der Waals surface area contributed by atoms with E-state index >= 15 is 0 Å². The van der Waals surface area contributed by atoms with E-state index in [2.05, 4.69) is 4.98 Å². The second-order valence-corrected chi connectivity index (χ2v) is 8.06. The lowest BCUT2D eigenvalue weighted by molar-refractivity contribution is -0.137. The number of benzene rings is 2. The Morgan fingerprint density at radius 2 is 1.14 bits per heavy atom. The zero-order valence-electron chi connectivity index (χ0n) is 13.3. The van der Waals surface area contributed by atoms with Crippen molar-refractivity contribution in [3.63, 3.8) is 0 Å². The van der Waals surface area contributed by atoms with Gasteiger partial charge in [0.1, 0.15) is 0 Å². The van der Waals surface area contributed by atoms with Crippen LogP contribution < -0.4 is 0 Å². The Morgan fingerprint density at radius 1 is 0.643 bits per heavy atom. The van der Waals surface area contributed by atoms with E-state index in [1.165, 1.54) is 24.3 Å². The molecule has 3 aromatic rings. The van der Waals surface area contributed by atoms with Crippen molar-refractivity contribution in [2.45, 2.75) is 6.18 Å². The van der Waals surface area contributed by atoms with Gasteiger partial charge in [-0.05, 0) is 30.3 Å². The van der Waals surface area contributed by atoms with Crippen LogP contribution in [0.4, 0.5) is 13.2 Å². The Labute approximate surface area is 187 Å². The zero-order chi connectivity index (χ0) is 20.8. The van der Waals surface area contributed by atoms with Gasteiger partial charge in [0.15, 0.2) is 0 Å². The maximum atomic E-state index is 13.3. The van der Waals surface area contributed by atoms with Crippen LogP contribution >= 0.6 is 69.6 Å². The molecule has 0 N–H and O–H groups in total. The molecule has 0 aliphatic rings. The molecule has 0 amide bonds. The maximum absolute atomic E-state index is 13.3. The summed E-state index contributed by atoms with van der Waals surface area (Å²) in [6.45, 7) is 0. The summed E-state index contributed by atoms with van der Waals surface area (Å²) in [5, 5.41) is 0.687. The fourth-order valence-corrected chi connectivity index (χ4v) is 3.92. The van der Waals surface area contributed by atoms with Crippen LogP contribution in [0.25, 0.3) is 22.4 Å². The van der Waals surface area contributed by atoms with E-state index in [1.54, 1.807) is 0 Å². The Hall–Kier alpha value is -0.880. The molecule has 0 bridgehead atoms. The van der Waals surface area contributed by atoms with Gasteiger partial charge >= 0.3 is 6.18 Å². The number of aromatic nitrogens is 1. The van der Waals surface area contributed by atoms with E-state index in [9.17, 15) is 13.2 Å². The first-order chi connectivity index (χ1) is 13.0. The molecular weight excluding hydrogens is 500 g/mol. The Balaban J connectivity index is 2.41. The van der Waals surface area contributed by atoms with Gasteiger partial charge in [-0.2, -0.15) is 13.2 Å². The molecule has 3 rings (SSSR count). The Bertz CT molecular complexity index is 1080. The average Bonchev–Trinajstić information content (AvgIpc) is 2.60. The van der Waals surface area contributed by atoms with Gasteiger partial charge in [-0.1, -0.05) is 69.6 Å². The van der Waals surface area contributed by atoms with Crippen LogP contribution in [-0.2, 0) is 6.18 Å². The molecule has 0 aliphatic carbocycles. The van der Waals surface area contributed by atoms with Gasteiger partial charge in [-0.15, -0.1) is 0 Å². The van der Waals surface area contributed by atoms with Gasteiger partial charge in [-0.25, -0.2) is 0 Å². The number of alkyl halides is 3. The van der Waals surface area contributed by atoms with Gasteiger partial charge in [0, 0.05) is 32.9 Å². The topological polar surface area (TPSA) is 12.9 Å². The van der Waals surface area contributed by atoms with Crippen molar-refractivity contribution in [3.05, 3.63) is 72.2 Å². The van der Waals surface area contributed by atoms with Crippen molar-refractivity contribution >= 4 is 69.6 Å². The standard InChI is InChI=1S/C18H6Cl6F3N/c19-8-2-10(15(23)13(21)4-8)11-1-7(18(25,26)27)6-28-17(11)12-3-9(20)5-14(22)16(12)24/h1-6H. The van der Waals surface area contributed by atoms with Crippen molar-refractivity contribution in [2.75, 3.05) is 0 Å². The minimum Gasteiger partial charge on any atom is -0.255 e. The van der Waals surface area contributed by atoms with E-state index < -0.39 is 11.7 Å². The van der Waals surface area contributed by atoms with Crippen molar-refractivity contribution in [1.29, 1.82) is 0 Å². The third kappa shape index (κ3) is 4.33. The van der Waals surface area contributed by atoms with Gasteiger partial charge in [0.05, 0.1) is 31.3 Å². The Kier molecular flexibility index (Phi) is 6.31. The van der Waals surface area contributed by atoms with Gasteiger partial charge < -0.3 is 0 Å². The molecule has 0 saturated heterocycles. The minimum absolute atomic E-state index is 0.0117. The molecule has 2 aromatic carbocycles. The molecule has 0 saturated carbocycles. The lowest BCUT2D eigenvalue weighted by Gasteiger charge is -2.16. The molecule has 28 heavy (non-hydrogen) atoms. The summed E-state index contributed by atoms with van der Waals surface area (Å²) in [4.78, 5) is 3.97. The van der Waals surface area contributed by atoms with Crippen LogP contribution in [0.15, 0.2) is 36.5 Å². The summed E-state index contributed by atoms with van der Waals surface area (Å²) in [6, 6.07) is 6.49. The molecule has 10 heteroatoms. The monoisotopic (exact) mass is 503 g/mol. The maximum Gasteiger partial charge on any atom is 0.417 e. The molecule has 0 aliphatic heterocycles. The second-order valence-electron chi connectivity index (χ2n) is 5.62. The highest BCUT2D eigenvalue weighted by molar-refractivity contribution is 6.46. The summed E-state index contributed by atoms with van der Waals surface area (Å²) in [5.74, 6) is 0. The number of hydrogen-bond acceptors (Lipinski definition) is 1. The molecule has 0 unspecified atom stereocenters. The number of pyridine rings is 1. The van der Waals surface area contributed by atoms with E-state index in [0.29, 0.717) is 6.20 Å². The fraction of sp³-hybridized carbons (Fsp3) is 0.0556. The molecule has 1 nitrogen and oxygen atoms in total. The first kappa shape index (κ1) is 21.8. The van der Waals surface area contributed by atoms with Crippen molar-refractivity contribution in [3.8, 4) is 22.4 Å². The number of rotatable bonds is 2. The van der Waals surface area contributed by atoms with Crippen molar-refractivity contribution < 1.29 is 13.2 Å². The molecule has 146 valence electrons. The average molecular weight is 506 g/mol. The molecule has 0 spiro atoms. The molecule has 0 fully saturated rings. The summed E-state index contributed by atoms with van der Waals surface area (Å²) in [5.41, 5.74) is -0.496. The van der Waals surface area contributed by atoms with Crippen LogP contribution in [0, 0.1) is 0 Å². The SMILES string of the molecule is FC(F)(F)c1cnc(-c2cc(Cl)cc(Cl)c2Cl)c(-c2cc(Cl)cc(Cl)c2Cl)c1. The molecule has 1 heterocycles. The first-order valence-electron chi connectivity index (χ1n) is 7.36. The predicted octanol–water partition coefficient (Wildman–Crippen LogP) is 9.35. The summed E-state index contributed by atoms with van der Waals surface area (Å²) in [7, 11) is 0. The van der Waals surface area contributed by atoms with Crippen LogP contribution in [0.5, 0.6) is 0 Å². The van der Waals surface area contributed by atoms with E-state index in [4.69, 9.17) is 69.6 Å². The molecule has 0 atom stereocenters. The first-order valence-corrected chi connectivity index (χ1v) is 9.63. The van der Waals surface area contributed by atoms with Crippen molar-refractivity contribution in [2.24, 2.45) is 0 Å². The van der Waals surface area contributed by atoms with Gasteiger partial charge in [0.25, 0.3) is 0 Å². The van der Waals surface area contributed by atoms with E-state index in [-0.39, 0.29) is 52.5 Å². The second kappa shape index (κ2) is 8.10. The number of nitrogens with zero attached hydrogens (tertiary/aromatic N) is 1. The third-order valence-electron chi connectivity index (χ3n) is 3.75. The highest BCUT2D eigenvalue weighted by Crippen LogP contribution is 2.45. The predicted molar refractivity (Wildman–Crippen MR) is 110 cm³/mol. The quantitative estimate of drug-likeness (QED) is 0.316. The lowest BCUT2D eigenvalue weighted by atomic mass is 9.97. The largest absolute Gasteiger partial charge is 0.417 e. The minimum atomic E-state index is -4.63. The zero-order valence-corrected chi connectivity index (χ0v) is 17.8. The third-order valence-corrected chi connectivity index (χ3v) is 5.79. The number of hydrogen-bond donors (Lipinski definition) is 0. The normalized spacial score (nSPS) is 11.8. The summed E-state index contributed by atoms with van der Waals surface area (Å²) < 4.78 is 39.9. The lowest BCUT2D eigenvalue weighted by Crippen LogP contribution is -2.07. The Morgan fingerprint density at radius 3 is 1.68 bits per heavy atom. The number of halogens is 9. The van der Waals surface area contributed by atoms with Crippen LogP contribution in [0.1, 0.15) is 5.56 Å². The van der Waals surface area contributed by atoms with Crippen LogP contribution in [0.3, 0.4) is 0 Å². The van der Waals surface area contributed by atoms with Gasteiger partial charge in [0.2, 0.25) is 0 Å². The smallest absolute Gasteiger partial charge is 0.255 e. The van der Waals surface area contributed by atoms with E-state index in [1.807, 2.05) is 0 Å².